The van der Waals surface area contributed by atoms with Crippen molar-refractivity contribution in [2.45, 2.75) is 64.6 Å². The zero-order valence-corrected chi connectivity index (χ0v) is 19.1. The molecule has 1 aliphatic rings. The standard InChI is InChI=1S/C15H23NO2.C6H5.Bi/c1-5-14(17,6-2)12-10-9-11-13(16-12)15(18,7-3)8-4;1-2-4-6-5-3-1;/h9-11H,5-8H2,1-4H3;1-5H;/q-2;;+2. The Morgan fingerprint density at radius 2 is 1.20 bits per heavy atom. The first-order valence-corrected chi connectivity index (χ1v) is 13.9. The van der Waals surface area contributed by atoms with Crippen molar-refractivity contribution in [1.29, 1.82) is 0 Å². The molecule has 0 fully saturated rings. The van der Waals surface area contributed by atoms with Crippen LogP contribution in [0.2, 0.25) is 0 Å². The van der Waals surface area contributed by atoms with Crippen LogP contribution in [0.25, 0.3) is 0 Å². The van der Waals surface area contributed by atoms with Gasteiger partial charge >= 0.3 is 161 Å². The van der Waals surface area contributed by atoms with Crippen LogP contribution in [0.3, 0.4) is 0 Å². The molecule has 2 aromatic rings. The third kappa shape index (κ3) is 3.41. The third-order valence-corrected chi connectivity index (χ3v) is 12.3. The summed E-state index contributed by atoms with van der Waals surface area (Å²) in [5.74, 6) is 0. The zero-order valence-electron chi connectivity index (χ0n) is 15.7. The molecule has 4 heteroatoms. The normalized spacial score (nSPS) is 19.2. The van der Waals surface area contributed by atoms with E-state index in [4.69, 9.17) is 10.6 Å². The van der Waals surface area contributed by atoms with Crippen LogP contribution in [0.15, 0.2) is 48.5 Å². The second-order valence-corrected chi connectivity index (χ2v) is 12.0. The number of aromatic nitrogens is 1. The van der Waals surface area contributed by atoms with Gasteiger partial charge in [-0.2, -0.15) is 0 Å². The van der Waals surface area contributed by atoms with Crippen LogP contribution in [0.4, 0.5) is 0 Å². The van der Waals surface area contributed by atoms with Gasteiger partial charge in [-0.15, -0.1) is 0 Å². The quantitative estimate of drug-likeness (QED) is 0.527. The van der Waals surface area contributed by atoms with E-state index in [9.17, 15) is 0 Å². The molecule has 0 aliphatic carbocycles. The van der Waals surface area contributed by atoms with Crippen molar-refractivity contribution < 1.29 is 5.63 Å². The fourth-order valence-corrected chi connectivity index (χ4v) is 11.3. The van der Waals surface area contributed by atoms with Crippen molar-refractivity contribution in [2.24, 2.45) is 0 Å². The molecular weight excluding hydrogens is 507 g/mol. The summed E-state index contributed by atoms with van der Waals surface area (Å²) in [7, 11) is 0. The van der Waals surface area contributed by atoms with Crippen LogP contribution < -0.4 is 3.27 Å². The van der Waals surface area contributed by atoms with Gasteiger partial charge in [0.15, 0.2) is 0 Å². The van der Waals surface area contributed by atoms with E-state index in [-0.39, 0.29) is 11.2 Å². The Labute approximate surface area is 160 Å². The summed E-state index contributed by atoms with van der Waals surface area (Å²) in [4.78, 5) is 5.03. The molecule has 2 bridgehead atoms. The number of pyridine rings is 1. The van der Waals surface area contributed by atoms with Crippen LogP contribution >= 0.6 is 0 Å². The average Bonchev–Trinajstić information content (AvgIpc) is 2.69. The molecule has 1 aromatic carbocycles. The molecule has 0 unspecified atom stereocenters. The fraction of sp³-hybridized carbons (Fsp3) is 0.476. The third-order valence-electron chi connectivity index (χ3n) is 5.45. The second-order valence-electron chi connectivity index (χ2n) is 6.59. The molecule has 0 atom stereocenters. The Balaban J connectivity index is 2.18. The molecule has 0 amide bonds. The summed E-state index contributed by atoms with van der Waals surface area (Å²) in [5, 5.41) is 0. The van der Waals surface area contributed by atoms with Gasteiger partial charge < -0.3 is 0 Å². The van der Waals surface area contributed by atoms with Crippen LogP contribution in [0, 0.1) is 0 Å². The summed E-state index contributed by atoms with van der Waals surface area (Å²) in [6, 6.07) is 17.0. The first-order chi connectivity index (χ1) is 12.1. The molecule has 0 radical (unpaired) electrons. The van der Waals surface area contributed by atoms with Gasteiger partial charge in [0.05, 0.1) is 0 Å². The van der Waals surface area contributed by atoms with Gasteiger partial charge in [-0.1, -0.05) is 0 Å². The topological polar surface area (TPSA) is 31.4 Å². The van der Waals surface area contributed by atoms with Crippen molar-refractivity contribution in [3.63, 3.8) is 0 Å². The van der Waals surface area contributed by atoms with Gasteiger partial charge in [0.2, 0.25) is 0 Å². The Bertz CT molecular complexity index is 659. The number of hydrogen-bond acceptors (Lipinski definition) is 3. The second kappa shape index (κ2) is 7.82. The fourth-order valence-electron chi connectivity index (χ4n) is 3.51. The van der Waals surface area contributed by atoms with Crippen molar-refractivity contribution in [3.05, 3.63) is 59.9 Å². The predicted octanol–water partition coefficient (Wildman–Crippen LogP) is 4.55. The Morgan fingerprint density at radius 3 is 1.64 bits per heavy atom. The van der Waals surface area contributed by atoms with Crippen molar-refractivity contribution >= 4 is 25.9 Å². The number of rotatable bonds is 5. The minimum absolute atomic E-state index is 0.336. The van der Waals surface area contributed by atoms with Gasteiger partial charge in [0, 0.05) is 0 Å². The monoisotopic (exact) mass is 535 g/mol. The SMILES string of the molecule is CCC1(CC)[O][Bi]([c]2ccccc2)[O]C(CC)(CC)c2cccc1n2. The molecule has 1 aliphatic heterocycles. The molecule has 0 saturated heterocycles. The van der Waals surface area contributed by atoms with Gasteiger partial charge in [-0.25, -0.2) is 0 Å². The maximum absolute atomic E-state index is 6.88. The maximum atomic E-state index is 6.88. The predicted molar refractivity (Wildman–Crippen MR) is 103 cm³/mol. The average molecular weight is 535 g/mol. The first-order valence-electron chi connectivity index (χ1n) is 9.34. The van der Waals surface area contributed by atoms with Crippen molar-refractivity contribution in [2.75, 3.05) is 0 Å². The van der Waals surface area contributed by atoms with Crippen molar-refractivity contribution in [3.8, 4) is 0 Å². The van der Waals surface area contributed by atoms with Gasteiger partial charge in [0.25, 0.3) is 0 Å². The van der Waals surface area contributed by atoms with E-state index >= 15 is 0 Å². The molecule has 2 heterocycles. The summed E-state index contributed by atoms with van der Waals surface area (Å²) >= 11 is -2.88. The molecule has 3 rings (SSSR count). The minimum atomic E-state index is -2.88. The van der Waals surface area contributed by atoms with E-state index in [0.29, 0.717) is 0 Å². The Kier molecular flexibility index (Phi) is 5.93. The van der Waals surface area contributed by atoms with E-state index in [1.165, 1.54) is 3.27 Å². The molecule has 134 valence electrons. The van der Waals surface area contributed by atoms with E-state index in [1.807, 2.05) is 0 Å². The molecule has 0 spiro atoms. The van der Waals surface area contributed by atoms with E-state index in [2.05, 4.69) is 76.2 Å². The summed E-state index contributed by atoms with van der Waals surface area (Å²) in [6.07, 6.45) is 3.64. The van der Waals surface area contributed by atoms with Crippen LogP contribution in [-0.2, 0) is 16.8 Å². The number of fused-ring (bicyclic) bond motifs is 2. The van der Waals surface area contributed by atoms with Crippen LogP contribution in [0.1, 0.15) is 64.8 Å². The number of nitrogens with zero attached hydrogens (tertiary/aromatic N) is 1. The number of hydrogen-bond donors (Lipinski definition) is 0. The van der Waals surface area contributed by atoms with Crippen LogP contribution in [0.5, 0.6) is 0 Å². The Hall–Kier alpha value is -0.827. The van der Waals surface area contributed by atoms with Gasteiger partial charge in [-0.3, -0.25) is 0 Å². The molecule has 0 N–H and O–H groups in total. The molecule has 25 heavy (non-hydrogen) atoms. The molecule has 1 aromatic heterocycles. The van der Waals surface area contributed by atoms with Crippen LogP contribution in [-0.4, -0.2) is 27.6 Å². The van der Waals surface area contributed by atoms with E-state index in [1.54, 1.807) is 0 Å². The number of benzene rings is 1. The van der Waals surface area contributed by atoms with E-state index in [0.717, 1.165) is 37.1 Å². The summed E-state index contributed by atoms with van der Waals surface area (Å²) in [6.45, 7) is 8.77. The molecular formula is C21H28BiNO2. The summed E-state index contributed by atoms with van der Waals surface area (Å²) in [5.41, 5.74) is 1.47. The van der Waals surface area contributed by atoms with Gasteiger partial charge in [0.1, 0.15) is 0 Å². The van der Waals surface area contributed by atoms with E-state index < -0.39 is 22.6 Å². The van der Waals surface area contributed by atoms with Gasteiger partial charge in [-0.05, 0) is 0 Å². The molecule has 0 saturated carbocycles. The van der Waals surface area contributed by atoms with Crippen molar-refractivity contribution in [1.82, 2.24) is 4.98 Å². The first kappa shape index (κ1) is 18.9. The zero-order chi connectivity index (χ0) is 17.9. The summed E-state index contributed by atoms with van der Waals surface area (Å²) < 4.78 is 15.0. The Morgan fingerprint density at radius 1 is 0.720 bits per heavy atom. The molecule has 3 nitrogen and oxygen atoms in total.